The molecule has 2 aliphatic heterocycles. The number of halogens is 2. The van der Waals surface area contributed by atoms with E-state index >= 15 is 4.39 Å². The van der Waals surface area contributed by atoms with Gasteiger partial charge in [-0.1, -0.05) is 29.3 Å². The van der Waals surface area contributed by atoms with Gasteiger partial charge < -0.3 is 9.47 Å². The number of benzene rings is 2. The second-order valence-corrected chi connectivity index (χ2v) is 9.55. The van der Waals surface area contributed by atoms with E-state index in [1.165, 1.54) is 9.36 Å². The first-order valence-electron chi connectivity index (χ1n) is 11.0. The van der Waals surface area contributed by atoms with Gasteiger partial charge in [-0.25, -0.2) is 32.7 Å². The molecule has 0 saturated heterocycles. The van der Waals surface area contributed by atoms with Crippen LogP contribution >= 0.6 is 11.6 Å². The number of esters is 1. The Morgan fingerprint density at radius 2 is 1.71 bits per heavy atom. The lowest BCUT2D eigenvalue weighted by Crippen LogP contribution is -2.33. The van der Waals surface area contributed by atoms with Crippen molar-refractivity contribution in [2.45, 2.75) is 58.4 Å². The summed E-state index contributed by atoms with van der Waals surface area (Å²) in [5.41, 5.74) is -1.25. The van der Waals surface area contributed by atoms with Crippen molar-refractivity contribution in [3.8, 4) is 11.4 Å². The fourth-order valence-corrected chi connectivity index (χ4v) is 4.83. The lowest BCUT2D eigenvalue weighted by Gasteiger charge is -2.26. The Kier molecular flexibility index (Phi) is 5.20. The first-order valence-corrected chi connectivity index (χ1v) is 11.4. The van der Waals surface area contributed by atoms with Crippen molar-refractivity contribution in [3.63, 3.8) is 0 Å². The number of carbonyl (C=O) groups excluding carboxylic acids is 1. The first kappa shape index (κ1) is 22.5. The predicted octanol–water partition coefficient (Wildman–Crippen LogP) is 3.76. The third-order valence-electron chi connectivity index (χ3n) is 6.30. The minimum atomic E-state index is -1.14. The molecule has 0 spiro atoms. The Hall–Kier alpha value is -3.33. The second kappa shape index (κ2) is 7.87. The molecule has 2 aliphatic rings. The predicted molar refractivity (Wildman–Crippen MR) is 123 cm³/mol. The van der Waals surface area contributed by atoms with E-state index in [9.17, 15) is 14.4 Å². The number of fused-ring (bicyclic) bond motifs is 2. The molecular weight excluding hydrogens is 465 g/mol. The Balaban J connectivity index is 1.65. The molecule has 0 bridgehead atoms. The van der Waals surface area contributed by atoms with Gasteiger partial charge in [0.25, 0.3) is 0 Å². The molecule has 0 radical (unpaired) electrons. The monoisotopic (exact) mass is 487 g/mol. The molecule has 1 aromatic heterocycles. The van der Waals surface area contributed by atoms with Gasteiger partial charge in [0.05, 0.1) is 16.1 Å². The summed E-state index contributed by atoms with van der Waals surface area (Å²) < 4.78 is 30.5. The van der Waals surface area contributed by atoms with Crippen molar-refractivity contribution < 1.29 is 18.7 Å². The molecule has 1 atom stereocenters. The zero-order valence-electron chi connectivity index (χ0n) is 18.9. The molecule has 3 heterocycles. The minimum absolute atomic E-state index is 0.0272. The number of ether oxygens (including phenoxy) is 2. The maximum atomic E-state index is 15.3. The molecule has 5 rings (SSSR count). The van der Waals surface area contributed by atoms with Gasteiger partial charge in [-0.15, -0.1) is 0 Å². The topological polar surface area (TPSA) is 84.5 Å². The molecule has 0 aliphatic carbocycles. The summed E-state index contributed by atoms with van der Waals surface area (Å²) in [4.78, 5) is 39.0. The van der Waals surface area contributed by atoms with Crippen LogP contribution in [0.2, 0.25) is 5.02 Å². The maximum absolute atomic E-state index is 15.3. The number of nitrogens with zero attached hydrogens (tertiary/aromatic N) is 3. The van der Waals surface area contributed by atoms with E-state index in [4.69, 9.17) is 21.1 Å². The summed E-state index contributed by atoms with van der Waals surface area (Å²) in [6, 6.07) is 7.88. The number of carbonyl (C=O) groups is 1. The molecule has 34 heavy (non-hydrogen) atoms. The lowest BCUT2D eigenvalue weighted by molar-refractivity contribution is -0.0301. The summed E-state index contributed by atoms with van der Waals surface area (Å²) in [5.74, 6) is -1.57. The van der Waals surface area contributed by atoms with E-state index in [1.54, 1.807) is 38.1 Å². The molecule has 0 amide bonds. The van der Waals surface area contributed by atoms with Crippen molar-refractivity contribution in [2.75, 3.05) is 0 Å². The Morgan fingerprint density at radius 3 is 2.29 bits per heavy atom. The molecule has 178 valence electrons. The van der Waals surface area contributed by atoms with E-state index in [0.717, 1.165) is 29.0 Å². The quantitative estimate of drug-likeness (QED) is 0.525. The van der Waals surface area contributed by atoms with Gasteiger partial charge in [0, 0.05) is 13.1 Å². The van der Waals surface area contributed by atoms with Crippen LogP contribution in [0.4, 0.5) is 4.39 Å². The zero-order chi connectivity index (χ0) is 24.4. The fraction of sp³-hybridized carbons (Fsp3) is 0.375. The molecule has 10 heteroatoms. The van der Waals surface area contributed by atoms with E-state index in [-0.39, 0.29) is 22.0 Å². The third kappa shape index (κ3) is 3.37. The highest BCUT2D eigenvalue weighted by molar-refractivity contribution is 6.31. The molecule has 0 fully saturated rings. The van der Waals surface area contributed by atoms with Crippen LogP contribution in [0, 0.1) is 12.7 Å². The Bertz CT molecular complexity index is 1400. The Labute approximate surface area is 199 Å². The van der Waals surface area contributed by atoms with Gasteiger partial charge in [-0.05, 0) is 51.8 Å². The van der Waals surface area contributed by atoms with Crippen LogP contribution < -0.4 is 16.1 Å². The standard InChI is InChI=1S/C24H23ClFN3O5/c1-13-6-8-14(9-7-13)21(30)33-20-17-15(25)12-16(26)18(19(17)34-24(20,2)3)29-22(31)27-10-4-5-11-28(27)23(29)32/h6-9,12,20H,4-5,10-11H2,1-3H3. The van der Waals surface area contributed by atoms with Crippen LogP contribution in [0.1, 0.15) is 54.3 Å². The van der Waals surface area contributed by atoms with Crippen LogP contribution in [-0.2, 0) is 17.8 Å². The third-order valence-corrected chi connectivity index (χ3v) is 6.61. The highest BCUT2D eigenvalue weighted by Gasteiger charge is 2.48. The normalized spacial score (nSPS) is 18.2. The van der Waals surface area contributed by atoms with Crippen molar-refractivity contribution in [1.82, 2.24) is 13.9 Å². The highest BCUT2D eigenvalue weighted by Crippen LogP contribution is 2.51. The van der Waals surface area contributed by atoms with Gasteiger partial charge in [0.15, 0.2) is 17.7 Å². The van der Waals surface area contributed by atoms with Crippen LogP contribution in [0.15, 0.2) is 39.9 Å². The summed E-state index contributed by atoms with van der Waals surface area (Å²) >= 11 is 6.40. The van der Waals surface area contributed by atoms with Gasteiger partial charge in [-0.2, -0.15) is 0 Å². The highest BCUT2D eigenvalue weighted by atomic mass is 35.5. The number of aromatic nitrogens is 3. The van der Waals surface area contributed by atoms with Crippen molar-refractivity contribution >= 4 is 17.6 Å². The number of rotatable bonds is 3. The molecular formula is C24H23ClFN3O5. The summed E-state index contributed by atoms with van der Waals surface area (Å²) in [6.07, 6.45) is 0.481. The molecule has 8 nitrogen and oxygen atoms in total. The van der Waals surface area contributed by atoms with Crippen LogP contribution in [0.25, 0.3) is 5.69 Å². The largest absolute Gasteiger partial charge is 0.481 e. The van der Waals surface area contributed by atoms with E-state index in [1.807, 2.05) is 6.92 Å². The van der Waals surface area contributed by atoms with Gasteiger partial charge >= 0.3 is 17.3 Å². The molecule has 0 saturated carbocycles. The lowest BCUT2D eigenvalue weighted by atomic mass is 9.96. The molecule has 2 aromatic carbocycles. The van der Waals surface area contributed by atoms with E-state index in [0.29, 0.717) is 18.7 Å². The first-order chi connectivity index (χ1) is 16.1. The number of aryl methyl sites for hydroxylation is 1. The molecule has 0 N–H and O–H groups in total. The zero-order valence-corrected chi connectivity index (χ0v) is 19.7. The maximum Gasteiger partial charge on any atom is 0.352 e. The van der Waals surface area contributed by atoms with Crippen molar-refractivity contribution in [2.24, 2.45) is 0 Å². The smallest absolute Gasteiger partial charge is 0.352 e. The molecule has 3 aromatic rings. The van der Waals surface area contributed by atoms with Crippen molar-refractivity contribution in [3.05, 3.63) is 78.8 Å². The van der Waals surface area contributed by atoms with Gasteiger partial charge in [0.1, 0.15) is 11.3 Å². The molecule has 1 unspecified atom stereocenters. The van der Waals surface area contributed by atoms with Crippen molar-refractivity contribution in [1.29, 1.82) is 0 Å². The number of hydrogen-bond donors (Lipinski definition) is 0. The summed E-state index contributed by atoms with van der Waals surface area (Å²) in [5, 5.41) is -0.0272. The number of hydrogen-bond acceptors (Lipinski definition) is 5. The Morgan fingerprint density at radius 1 is 1.12 bits per heavy atom. The van der Waals surface area contributed by atoms with Gasteiger partial charge in [0.2, 0.25) is 0 Å². The second-order valence-electron chi connectivity index (χ2n) is 9.14. The SMILES string of the molecule is Cc1ccc(C(=O)OC2c3c(Cl)cc(F)c(-n4c(=O)n5n(c4=O)CCCC5)c3OC2(C)C)cc1. The average Bonchev–Trinajstić information content (AvgIpc) is 3.19. The van der Waals surface area contributed by atoms with E-state index in [2.05, 4.69) is 0 Å². The fourth-order valence-electron chi connectivity index (χ4n) is 4.55. The van der Waals surface area contributed by atoms with Crippen LogP contribution in [0.5, 0.6) is 5.75 Å². The van der Waals surface area contributed by atoms with Crippen LogP contribution in [-0.4, -0.2) is 25.5 Å². The van der Waals surface area contributed by atoms with E-state index < -0.39 is 34.9 Å². The average molecular weight is 488 g/mol. The van der Waals surface area contributed by atoms with Crippen LogP contribution in [0.3, 0.4) is 0 Å². The summed E-state index contributed by atoms with van der Waals surface area (Å²) in [7, 11) is 0. The minimum Gasteiger partial charge on any atom is -0.481 e. The van der Waals surface area contributed by atoms with Gasteiger partial charge in [-0.3, -0.25) is 0 Å². The summed E-state index contributed by atoms with van der Waals surface area (Å²) in [6.45, 7) is 5.96.